The number of likely N-dealkylation sites (tertiary alicyclic amines) is 1. The van der Waals surface area contributed by atoms with E-state index in [0.29, 0.717) is 0 Å². The van der Waals surface area contributed by atoms with Gasteiger partial charge in [-0.15, -0.1) is 0 Å². The number of amides is 2. The highest BCUT2D eigenvalue weighted by molar-refractivity contribution is 5.86. The average molecular weight is 625 g/mol. The van der Waals surface area contributed by atoms with E-state index in [1.54, 1.807) is 13.8 Å². The fraction of sp³-hybridized carbons (Fsp3) is 0.750. The summed E-state index contributed by atoms with van der Waals surface area (Å²) in [4.78, 5) is 34.7. The predicted molar refractivity (Wildman–Crippen MR) is 139 cm³/mol. The third-order valence-corrected chi connectivity index (χ3v) is 9.79. The van der Waals surface area contributed by atoms with Gasteiger partial charge in [0.05, 0.1) is 35.7 Å². The lowest BCUT2D eigenvalue weighted by molar-refractivity contribution is -0.197. The maximum absolute atomic E-state index is 15.5. The molecule has 3 saturated heterocycles. The average Bonchev–Trinajstić information content (AvgIpc) is 3.63. The Bertz CT molecular complexity index is 1210. The molecule has 1 saturated carbocycles. The summed E-state index contributed by atoms with van der Waals surface area (Å²) in [5, 5.41) is 0. The van der Waals surface area contributed by atoms with Crippen LogP contribution < -0.4 is 4.90 Å². The van der Waals surface area contributed by atoms with Gasteiger partial charge in [-0.1, -0.05) is 13.8 Å². The summed E-state index contributed by atoms with van der Waals surface area (Å²) in [6.45, 7) is 3.57. The van der Waals surface area contributed by atoms with Crippen molar-refractivity contribution in [3.8, 4) is 0 Å². The second-order valence-corrected chi connectivity index (χ2v) is 12.2. The Labute approximate surface area is 244 Å². The highest BCUT2D eigenvalue weighted by atomic mass is 19.4. The zero-order valence-electron chi connectivity index (χ0n) is 24.0. The standard InChI is InChI=1S/C28H35F7N4O4/c1-15(2)26(7-4-17(11-26)39(25(41)28(33,34)35)18-6-9-43-14-21(18)42-3)24(40)38-13-19-23(29)20(38)12-37(19)22-10-16(5-8-36-22)27(30,31)32/h5,8,10,15,17-21,23H,4,6-7,9,11-14H2,1-3H3/t17-,18+,19-,20-,21-,23?,26+/m1/s1. The van der Waals surface area contributed by atoms with Gasteiger partial charge in [0.25, 0.3) is 0 Å². The van der Waals surface area contributed by atoms with E-state index in [4.69, 9.17) is 9.47 Å². The van der Waals surface area contributed by atoms with E-state index in [0.717, 1.165) is 23.2 Å². The molecule has 1 aliphatic carbocycles. The summed E-state index contributed by atoms with van der Waals surface area (Å²) in [5.74, 6) is -2.79. The van der Waals surface area contributed by atoms with E-state index < -0.39 is 71.6 Å². The van der Waals surface area contributed by atoms with Crippen molar-refractivity contribution >= 4 is 17.6 Å². The summed E-state index contributed by atoms with van der Waals surface area (Å²) < 4.78 is 108. The quantitative estimate of drug-likeness (QED) is 0.442. The van der Waals surface area contributed by atoms with E-state index in [1.807, 2.05) is 0 Å². The molecule has 8 nitrogen and oxygen atoms in total. The van der Waals surface area contributed by atoms with Gasteiger partial charge in [0, 0.05) is 39.0 Å². The SMILES string of the molecule is CO[C@@H]1COCC[C@@H]1N(C(=O)C(F)(F)F)[C@@H]1CC[C@@](C(=O)N2C[C@@H]3C(F)[C@H]2CN3c2cc(C(F)(F)F)ccn2)(C(C)C)C1. The van der Waals surface area contributed by atoms with Crippen molar-refractivity contribution in [2.45, 2.75) is 88.3 Å². The molecule has 5 rings (SSSR count). The van der Waals surface area contributed by atoms with Gasteiger partial charge in [-0.2, -0.15) is 26.3 Å². The number of rotatable bonds is 6. The molecule has 15 heteroatoms. The van der Waals surface area contributed by atoms with Crippen LogP contribution in [0.5, 0.6) is 0 Å². The summed E-state index contributed by atoms with van der Waals surface area (Å²) in [6, 6.07) is -2.00. The zero-order chi connectivity index (χ0) is 31.5. The van der Waals surface area contributed by atoms with Gasteiger partial charge >= 0.3 is 18.3 Å². The monoisotopic (exact) mass is 624 g/mol. The van der Waals surface area contributed by atoms with Crippen LogP contribution in [-0.2, 0) is 25.2 Å². The predicted octanol–water partition coefficient (Wildman–Crippen LogP) is 4.23. The van der Waals surface area contributed by atoms with Crippen molar-refractivity contribution in [3.63, 3.8) is 0 Å². The minimum absolute atomic E-state index is 0.0236. The van der Waals surface area contributed by atoms with Crippen molar-refractivity contribution < 1.29 is 49.8 Å². The van der Waals surface area contributed by atoms with E-state index >= 15 is 4.39 Å². The number of carbonyl (C=O) groups is 2. The second kappa shape index (κ2) is 11.4. The number of carbonyl (C=O) groups excluding carboxylic acids is 2. The maximum atomic E-state index is 15.5. The topological polar surface area (TPSA) is 75.2 Å². The molecule has 2 amide bonds. The van der Waals surface area contributed by atoms with E-state index in [1.165, 1.54) is 16.9 Å². The van der Waals surface area contributed by atoms with Crippen molar-refractivity contribution in [2.75, 3.05) is 38.3 Å². The molecule has 4 heterocycles. The number of alkyl halides is 7. The molecule has 2 bridgehead atoms. The molecule has 0 aromatic carbocycles. The molecule has 0 N–H and O–H groups in total. The van der Waals surface area contributed by atoms with Gasteiger partial charge in [-0.3, -0.25) is 9.59 Å². The van der Waals surface area contributed by atoms with Crippen LogP contribution in [0.1, 0.15) is 45.1 Å². The largest absolute Gasteiger partial charge is 0.471 e. The summed E-state index contributed by atoms with van der Waals surface area (Å²) in [6.07, 6.45) is -10.6. The van der Waals surface area contributed by atoms with Crippen LogP contribution >= 0.6 is 0 Å². The van der Waals surface area contributed by atoms with Crippen LogP contribution in [-0.4, -0.2) is 103 Å². The molecule has 4 fully saturated rings. The maximum Gasteiger partial charge on any atom is 0.471 e. The number of pyridine rings is 1. The smallest absolute Gasteiger partial charge is 0.379 e. The molecule has 0 radical (unpaired) electrons. The van der Waals surface area contributed by atoms with Crippen LogP contribution in [0.4, 0.5) is 36.6 Å². The number of aromatic nitrogens is 1. The van der Waals surface area contributed by atoms with Crippen LogP contribution in [0, 0.1) is 11.3 Å². The number of halogens is 7. The number of anilines is 1. The Balaban J connectivity index is 1.38. The number of ether oxygens (including phenoxy) is 2. The van der Waals surface area contributed by atoms with Crippen LogP contribution in [0.15, 0.2) is 18.3 Å². The third-order valence-electron chi connectivity index (χ3n) is 9.79. The molecule has 43 heavy (non-hydrogen) atoms. The number of fused-ring (bicyclic) bond motifs is 2. The Morgan fingerprint density at radius 2 is 1.86 bits per heavy atom. The van der Waals surface area contributed by atoms with Crippen molar-refractivity contribution in [1.29, 1.82) is 0 Å². The number of methoxy groups -OCH3 is 1. The van der Waals surface area contributed by atoms with E-state index in [9.17, 15) is 35.9 Å². The van der Waals surface area contributed by atoms with Gasteiger partial charge in [0.1, 0.15) is 18.1 Å². The molecular formula is C28H35F7N4O4. The van der Waals surface area contributed by atoms with Gasteiger partial charge < -0.3 is 24.2 Å². The normalized spacial score (nSPS) is 33.0. The Morgan fingerprint density at radius 3 is 2.44 bits per heavy atom. The molecule has 7 atom stereocenters. The highest BCUT2D eigenvalue weighted by Gasteiger charge is 2.60. The summed E-state index contributed by atoms with van der Waals surface area (Å²) in [7, 11) is 1.34. The molecule has 3 aliphatic heterocycles. The van der Waals surface area contributed by atoms with E-state index in [2.05, 4.69) is 4.98 Å². The molecule has 1 unspecified atom stereocenters. The number of nitrogens with zero attached hydrogens (tertiary/aromatic N) is 4. The summed E-state index contributed by atoms with van der Waals surface area (Å²) >= 11 is 0. The fourth-order valence-electron chi connectivity index (χ4n) is 7.44. The third kappa shape index (κ3) is 5.55. The van der Waals surface area contributed by atoms with Gasteiger partial charge in [-0.25, -0.2) is 9.37 Å². The second-order valence-electron chi connectivity index (χ2n) is 12.2. The van der Waals surface area contributed by atoms with Gasteiger partial charge in [0.2, 0.25) is 5.91 Å². The lowest BCUT2D eigenvalue weighted by Crippen LogP contribution is -2.59. The fourth-order valence-corrected chi connectivity index (χ4v) is 7.44. The van der Waals surface area contributed by atoms with E-state index in [-0.39, 0.29) is 63.7 Å². The summed E-state index contributed by atoms with van der Waals surface area (Å²) in [5.41, 5.74) is -2.08. The number of hydrogen-bond acceptors (Lipinski definition) is 6. The van der Waals surface area contributed by atoms with Crippen LogP contribution in [0.25, 0.3) is 0 Å². The van der Waals surface area contributed by atoms with Crippen LogP contribution in [0.2, 0.25) is 0 Å². The molecule has 240 valence electrons. The van der Waals surface area contributed by atoms with Crippen LogP contribution in [0.3, 0.4) is 0 Å². The van der Waals surface area contributed by atoms with Crippen molar-refractivity contribution in [3.05, 3.63) is 23.9 Å². The Morgan fingerprint density at radius 1 is 1.14 bits per heavy atom. The molecule has 1 aromatic rings. The molecule has 0 spiro atoms. The number of piperazine rings is 1. The Kier molecular flexibility index (Phi) is 8.38. The zero-order valence-corrected chi connectivity index (χ0v) is 24.0. The Hall–Kier alpha value is -2.68. The minimum Gasteiger partial charge on any atom is -0.379 e. The van der Waals surface area contributed by atoms with Gasteiger partial charge in [0.15, 0.2) is 0 Å². The number of hydrogen-bond donors (Lipinski definition) is 0. The van der Waals surface area contributed by atoms with Crippen molar-refractivity contribution in [1.82, 2.24) is 14.8 Å². The first-order chi connectivity index (χ1) is 20.1. The first-order valence-electron chi connectivity index (χ1n) is 14.3. The lowest BCUT2D eigenvalue weighted by atomic mass is 9.74. The first kappa shape index (κ1) is 31.7. The molecule has 1 aromatic heterocycles. The highest BCUT2D eigenvalue weighted by Crippen LogP contribution is 2.51. The van der Waals surface area contributed by atoms with Gasteiger partial charge in [-0.05, 0) is 43.7 Å². The molecular weight excluding hydrogens is 589 g/mol. The lowest BCUT2D eigenvalue weighted by Gasteiger charge is -2.44. The minimum atomic E-state index is -5.14. The van der Waals surface area contributed by atoms with Crippen molar-refractivity contribution in [2.24, 2.45) is 11.3 Å². The molecule has 4 aliphatic rings. The first-order valence-corrected chi connectivity index (χ1v) is 14.3.